The van der Waals surface area contributed by atoms with Gasteiger partial charge in [0.2, 0.25) is 21.8 Å². The number of carboxylic acid groups (broad SMARTS) is 1. The number of rotatable bonds is 11. The molecule has 1 saturated heterocycles. The van der Waals surface area contributed by atoms with Gasteiger partial charge in [-0.05, 0) is 43.3 Å². The molecule has 0 saturated carbocycles. The van der Waals surface area contributed by atoms with E-state index in [9.17, 15) is 27.5 Å². The van der Waals surface area contributed by atoms with Gasteiger partial charge in [0.05, 0.1) is 18.9 Å². The Morgan fingerprint density at radius 3 is 2.56 bits per heavy atom. The minimum atomic E-state index is -4.19. The van der Waals surface area contributed by atoms with E-state index in [0.29, 0.717) is 32.8 Å². The van der Waals surface area contributed by atoms with E-state index in [1.165, 1.54) is 43.3 Å². The molecule has 4 rings (SSSR count). The van der Waals surface area contributed by atoms with Crippen LogP contribution < -0.4 is 14.8 Å². The third-order valence-corrected chi connectivity index (χ3v) is 7.86. The Morgan fingerprint density at radius 1 is 1.17 bits per heavy atom. The summed E-state index contributed by atoms with van der Waals surface area (Å²) in [6, 6.07) is 9.38. The van der Waals surface area contributed by atoms with Gasteiger partial charge >= 0.3 is 5.97 Å². The van der Waals surface area contributed by atoms with Gasteiger partial charge in [0.1, 0.15) is 16.5 Å². The van der Waals surface area contributed by atoms with E-state index >= 15 is 0 Å². The smallest absolute Gasteiger partial charge is 0.356 e. The topological polar surface area (TPSA) is 152 Å². The molecule has 0 atom stereocenters. The molecule has 0 radical (unpaired) electrons. The maximum absolute atomic E-state index is 14.0. The van der Waals surface area contributed by atoms with Crippen LogP contribution in [0.5, 0.6) is 11.6 Å². The highest BCUT2D eigenvalue weighted by Gasteiger charge is 2.27. The Kier molecular flexibility index (Phi) is 9.38. The van der Waals surface area contributed by atoms with E-state index < -0.39 is 21.8 Å². The molecule has 0 unspecified atom stereocenters. The Morgan fingerprint density at radius 2 is 1.90 bits per heavy atom. The molecule has 1 amide bonds. The molecule has 220 valence electrons. The number of sulfonamides is 1. The first kappa shape index (κ1) is 30.1. The first-order chi connectivity index (χ1) is 19.5. The van der Waals surface area contributed by atoms with Gasteiger partial charge in [0, 0.05) is 43.3 Å². The number of hydrogen-bond donors (Lipinski definition) is 3. The molecular weight excluding hydrogens is 557 g/mol. The van der Waals surface area contributed by atoms with Gasteiger partial charge in [0.15, 0.2) is 5.69 Å². The first-order valence-electron chi connectivity index (χ1n) is 13.0. The van der Waals surface area contributed by atoms with Crippen molar-refractivity contribution in [2.45, 2.75) is 25.7 Å². The summed E-state index contributed by atoms with van der Waals surface area (Å²) in [6.45, 7) is 7.92. The van der Waals surface area contributed by atoms with Crippen LogP contribution in [0.3, 0.4) is 0 Å². The number of ether oxygens (including phenoxy) is 2. The minimum Gasteiger partial charge on any atom is -0.476 e. The molecule has 0 spiro atoms. The second-order valence-corrected chi connectivity index (χ2v) is 11.5. The number of nitrogens with one attached hydrogen (secondary N) is 2. The maximum Gasteiger partial charge on any atom is 0.356 e. The van der Waals surface area contributed by atoms with Crippen LogP contribution in [-0.2, 0) is 19.6 Å². The Labute approximate surface area is 237 Å². The number of aromatic carboxylic acids is 1. The fourth-order valence-corrected chi connectivity index (χ4v) is 5.27. The predicted octanol–water partition coefficient (Wildman–Crippen LogP) is 3.02. The first-order valence-corrected chi connectivity index (χ1v) is 14.5. The summed E-state index contributed by atoms with van der Waals surface area (Å²) in [5.74, 6) is -2.85. The Hall–Kier alpha value is -3.85. The van der Waals surface area contributed by atoms with E-state index in [2.05, 4.69) is 20.0 Å². The highest BCUT2D eigenvalue weighted by molar-refractivity contribution is 7.89. The van der Waals surface area contributed by atoms with Crippen LogP contribution in [0.15, 0.2) is 47.4 Å². The lowest BCUT2D eigenvalue weighted by Crippen LogP contribution is -2.41. The van der Waals surface area contributed by atoms with Crippen LogP contribution in [0, 0.1) is 18.7 Å². The van der Waals surface area contributed by atoms with Crippen LogP contribution in [-0.4, -0.2) is 79.5 Å². The van der Waals surface area contributed by atoms with Gasteiger partial charge in [-0.15, -0.1) is 0 Å². The second kappa shape index (κ2) is 12.8. The molecule has 1 aliphatic rings. The lowest BCUT2D eigenvalue weighted by molar-refractivity contribution is -0.118. The molecule has 0 bridgehead atoms. The fraction of sp³-hybridized carbons (Fsp3) is 0.370. The van der Waals surface area contributed by atoms with Gasteiger partial charge in [-0.2, -0.15) is 9.78 Å². The number of morpholine rings is 1. The summed E-state index contributed by atoms with van der Waals surface area (Å²) in [5.41, 5.74) is 0.149. The van der Waals surface area contributed by atoms with E-state index in [0.717, 1.165) is 10.7 Å². The van der Waals surface area contributed by atoms with Crippen molar-refractivity contribution < 1.29 is 37.0 Å². The van der Waals surface area contributed by atoms with Gasteiger partial charge in [-0.1, -0.05) is 19.9 Å². The fourth-order valence-electron chi connectivity index (χ4n) is 4.10. The minimum absolute atomic E-state index is 0.0996. The number of benzene rings is 2. The van der Waals surface area contributed by atoms with Gasteiger partial charge in [0.25, 0.3) is 0 Å². The average molecular weight is 590 g/mol. The zero-order chi connectivity index (χ0) is 29.7. The van der Waals surface area contributed by atoms with Crippen molar-refractivity contribution in [2.75, 3.05) is 44.7 Å². The molecule has 41 heavy (non-hydrogen) atoms. The van der Waals surface area contributed by atoms with Crippen molar-refractivity contribution in [1.82, 2.24) is 19.4 Å². The molecule has 14 heteroatoms. The molecular formula is C27H32FN5O7S. The SMILES string of the molecule is Cc1c(C(=O)O)nn(-c2cccc(F)c2)c1Oc1ccc(NC(=O)C(C)C)cc1S(=O)(=O)NCCN1CCOCC1. The molecule has 0 aliphatic carbocycles. The van der Waals surface area contributed by atoms with Crippen molar-refractivity contribution in [1.29, 1.82) is 0 Å². The monoisotopic (exact) mass is 589 g/mol. The summed E-state index contributed by atoms with van der Waals surface area (Å²) in [5, 5.41) is 16.4. The number of hydrogen-bond acceptors (Lipinski definition) is 8. The van der Waals surface area contributed by atoms with E-state index in [1.807, 2.05) is 0 Å². The van der Waals surface area contributed by atoms with Crippen LogP contribution in [0.4, 0.5) is 10.1 Å². The quantitative estimate of drug-likeness (QED) is 0.306. The molecule has 3 N–H and O–H groups in total. The molecule has 2 aromatic carbocycles. The van der Waals surface area contributed by atoms with Crippen LogP contribution in [0.25, 0.3) is 5.69 Å². The Bertz CT molecular complexity index is 1530. The zero-order valence-electron chi connectivity index (χ0n) is 22.9. The number of anilines is 1. The van der Waals surface area contributed by atoms with E-state index in [-0.39, 0.29) is 57.5 Å². The highest BCUT2D eigenvalue weighted by atomic mass is 32.2. The van der Waals surface area contributed by atoms with Crippen molar-refractivity contribution in [3.05, 3.63) is 59.5 Å². The highest BCUT2D eigenvalue weighted by Crippen LogP contribution is 2.35. The van der Waals surface area contributed by atoms with Crippen LogP contribution in [0.2, 0.25) is 0 Å². The lowest BCUT2D eigenvalue weighted by atomic mass is 10.2. The maximum atomic E-state index is 14.0. The third-order valence-electron chi connectivity index (χ3n) is 6.38. The summed E-state index contributed by atoms with van der Waals surface area (Å²) < 4.78 is 56.1. The molecule has 1 fully saturated rings. The molecule has 1 aromatic heterocycles. The summed E-state index contributed by atoms with van der Waals surface area (Å²) in [7, 11) is -4.19. The van der Waals surface area contributed by atoms with Crippen molar-refractivity contribution in [3.63, 3.8) is 0 Å². The zero-order valence-corrected chi connectivity index (χ0v) is 23.7. The Balaban J connectivity index is 1.73. The van der Waals surface area contributed by atoms with E-state index in [4.69, 9.17) is 9.47 Å². The summed E-state index contributed by atoms with van der Waals surface area (Å²) >= 11 is 0. The molecule has 1 aliphatic heterocycles. The van der Waals surface area contributed by atoms with Gasteiger partial charge < -0.3 is 19.9 Å². The molecule has 12 nitrogen and oxygen atoms in total. The predicted molar refractivity (Wildman–Crippen MR) is 148 cm³/mol. The summed E-state index contributed by atoms with van der Waals surface area (Å²) in [6.07, 6.45) is 0. The van der Waals surface area contributed by atoms with Crippen molar-refractivity contribution in [2.24, 2.45) is 5.92 Å². The van der Waals surface area contributed by atoms with Gasteiger partial charge in [-0.25, -0.2) is 22.3 Å². The normalized spacial score (nSPS) is 14.3. The van der Waals surface area contributed by atoms with E-state index in [1.54, 1.807) is 13.8 Å². The van der Waals surface area contributed by atoms with Crippen LogP contribution >= 0.6 is 0 Å². The average Bonchev–Trinajstić information content (AvgIpc) is 3.26. The largest absolute Gasteiger partial charge is 0.476 e. The van der Waals surface area contributed by atoms with Crippen molar-refractivity contribution >= 4 is 27.6 Å². The van der Waals surface area contributed by atoms with Crippen molar-refractivity contribution in [3.8, 4) is 17.3 Å². The number of halogens is 1. The standard InChI is InChI=1S/C27H32FN5O7S/c1-17(2)25(34)30-20-7-8-22(23(16-20)41(37,38)29-9-10-32-11-13-39-14-12-32)40-26-18(3)24(27(35)36)31-33(26)21-6-4-5-19(28)15-21/h4-8,15-17,29H,9-14H2,1-3H3,(H,30,34)(H,35,36). The number of carbonyl (C=O) groups excluding carboxylic acids is 1. The van der Waals surface area contributed by atoms with Crippen LogP contribution in [0.1, 0.15) is 29.9 Å². The third kappa shape index (κ3) is 7.27. The number of nitrogens with zero attached hydrogens (tertiary/aromatic N) is 3. The molecule has 3 aromatic rings. The summed E-state index contributed by atoms with van der Waals surface area (Å²) in [4.78, 5) is 25.9. The number of carbonyl (C=O) groups is 2. The molecule has 2 heterocycles. The number of carboxylic acids is 1. The lowest BCUT2D eigenvalue weighted by Gasteiger charge is -2.26. The van der Waals surface area contributed by atoms with Gasteiger partial charge in [-0.3, -0.25) is 9.69 Å². The number of aromatic nitrogens is 2. The second-order valence-electron chi connectivity index (χ2n) is 9.73. The number of amides is 1.